The number of anilines is 1. The number of benzene rings is 1. The Bertz CT molecular complexity index is 1210. The average Bonchev–Trinajstić information content (AvgIpc) is 3.28. The highest BCUT2D eigenvalue weighted by molar-refractivity contribution is 6.28. The Morgan fingerprint density at radius 3 is 2.34 bits per heavy atom. The van der Waals surface area contributed by atoms with Crippen molar-refractivity contribution in [2.75, 3.05) is 11.9 Å². The lowest BCUT2D eigenvalue weighted by Gasteiger charge is -2.13. The summed E-state index contributed by atoms with van der Waals surface area (Å²) in [5, 5.41) is 5.62. The SMILES string of the molecule is O=C(Nc1cnn(CCN2C(=O)c3ccccc3C2=O)c1)c1cnc(Cl)nc1C(F)(F)F. The van der Waals surface area contributed by atoms with Gasteiger partial charge in [-0.3, -0.25) is 24.0 Å². The molecular weight excluding hydrogens is 453 g/mol. The summed E-state index contributed by atoms with van der Waals surface area (Å²) in [4.78, 5) is 44.7. The molecule has 2 aromatic heterocycles. The van der Waals surface area contributed by atoms with Gasteiger partial charge < -0.3 is 5.32 Å². The van der Waals surface area contributed by atoms with Crippen molar-refractivity contribution in [2.24, 2.45) is 0 Å². The summed E-state index contributed by atoms with van der Waals surface area (Å²) in [6.07, 6.45) is -1.67. The lowest BCUT2D eigenvalue weighted by Crippen LogP contribution is -2.33. The molecule has 1 aliphatic heterocycles. The molecule has 1 aliphatic rings. The van der Waals surface area contributed by atoms with Crippen LogP contribution >= 0.6 is 11.6 Å². The molecule has 0 unspecified atom stereocenters. The number of carbonyl (C=O) groups excluding carboxylic acids is 3. The van der Waals surface area contributed by atoms with Gasteiger partial charge in [-0.2, -0.15) is 18.3 Å². The van der Waals surface area contributed by atoms with Gasteiger partial charge in [-0.15, -0.1) is 0 Å². The molecule has 0 radical (unpaired) electrons. The van der Waals surface area contributed by atoms with Gasteiger partial charge in [0.1, 0.15) is 0 Å². The van der Waals surface area contributed by atoms with Crippen LogP contribution < -0.4 is 5.32 Å². The standard InChI is InChI=1S/C19H12ClF3N6O3/c20-18-24-8-13(14(27-18)19(21,22)23)15(30)26-10-7-25-28(9-10)5-6-29-16(31)11-3-1-2-4-12(11)17(29)32/h1-4,7-9H,5-6H2,(H,26,30). The summed E-state index contributed by atoms with van der Waals surface area (Å²) in [7, 11) is 0. The minimum Gasteiger partial charge on any atom is -0.319 e. The Morgan fingerprint density at radius 1 is 1.06 bits per heavy atom. The predicted octanol–water partition coefficient (Wildman–Crippen LogP) is 2.89. The van der Waals surface area contributed by atoms with E-state index < -0.39 is 40.4 Å². The molecule has 0 bridgehead atoms. The van der Waals surface area contributed by atoms with Crippen LogP contribution in [0.5, 0.6) is 0 Å². The molecule has 0 aliphatic carbocycles. The number of nitrogens with one attached hydrogen (secondary N) is 1. The highest BCUT2D eigenvalue weighted by Gasteiger charge is 2.38. The third-order valence-corrected chi connectivity index (χ3v) is 4.78. The van der Waals surface area contributed by atoms with E-state index in [2.05, 4.69) is 20.4 Å². The largest absolute Gasteiger partial charge is 0.434 e. The van der Waals surface area contributed by atoms with Crippen molar-refractivity contribution in [3.8, 4) is 0 Å². The van der Waals surface area contributed by atoms with E-state index in [0.717, 1.165) is 4.90 Å². The summed E-state index contributed by atoms with van der Waals surface area (Å²) in [6.45, 7) is 0.129. The molecule has 9 nitrogen and oxygen atoms in total. The number of hydrogen-bond donors (Lipinski definition) is 1. The zero-order chi connectivity index (χ0) is 23.0. The smallest absolute Gasteiger partial charge is 0.319 e. The Hall–Kier alpha value is -3.80. The molecule has 32 heavy (non-hydrogen) atoms. The van der Waals surface area contributed by atoms with Crippen molar-refractivity contribution in [3.05, 3.63) is 70.5 Å². The fourth-order valence-corrected chi connectivity index (χ4v) is 3.27. The van der Waals surface area contributed by atoms with E-state index in [4.69, 9.17) is 11.6 Å². The summed E-state index contributed by atoms with van der Waals surface area (Å²) < 4.78 is 40.7. The zero-order valence-corrected chi connectivity index (χ0v) is 16.7. The zero-order valence-electron chi connectivity index (χ0n) is 15.9. The molecule has 3 amide bonds. The van der Waals surface area contributed by atoms with Gasteiger partial charge in [-0.05, 0) is 23.7 Å². The van der Waals surface area contributed by atoms with Gasteiger partial charge >= 0.3 is 6.18 Å². The molecule has 0 spiro atoms. The van der Waals surface area contributed by atoms with Gasteiger partial charge in [0, 0.05) is 18.9 Å². The molecule has 0 fully saturated rings. The molecule has 3 heterocycles. The fourth-order valence-electron chi connectivity index (χ4n) is 3.14. The minimum atomic E-state index is -4.91. The number of carbonyl (C=O) groups is 3. The van der Waals surface area contributed by atoms with E-state index >= 15 is 0 Å². The van der Waals surface area contributed by atoms with Crippen LogP contribution in [0.15, 0.2) is 42.9 Å². The molecule has 3 aromatic rings. The minimum absolute atomic E-state index is 0.0185. The van der Waals surface area contributed by atoms with Gasteiger partial charge in [0.25, 0.3) is 17.7 Å². The summed E-state index contributed by atoms with van der Waals surface area (Å²) in [5.41, 5.74) is -1.54. The number of imide groups is 1. The first-order valence-electron chi connectivity index (χ1n) is 9.04. The van der Waals surface area contributed by atoms with Crippen LogP contribution in [0, 0.1) is 0 Å². The molecule has 164 valence electrons. The summed E-state index contributed by atoms with van der Waals surface area (Å²) >= 11 is 5.41. The normalized spacial score (nSPS) is 13.4. The highest BCUT2D eigenvalue weighted by Crippen LogP contribution is 2.31. The number of amides is 3. The number of alkyl halides is 3. The van der Waals surface area contributed by atoms with Gasteiger partial charge in [0.2, 0.25) is 5.28 Å². The van der Waals surface area contributed by atoms with Gasteiger partial charge in [0.05, 0.1) is 35.1 Å². The number of nitrogens with zero attached hydrogens (tertiary/aromatic N) is 5. The molecule has 4 rings (SSSR count). The van der Waals surface area contributed by atoms with Crippen molar-refractivity contribution in [3.63, 3.8) is 0 Å². The predicted molar refractivity (Wildman–Crippen MR) is 104 cm³/mol. The first-order chi connectivity index (χ1) is 15.1. The maximum atomic E-state index is 13.1. The van der Waals surface area contributed by atoms with Crippen LogP contribution in [0.25, 0.3) is 0 Å². The Labute approximate surface area is 182 Å². The molecular formula is C19H12ClF3N6O3. The lowest BCUT2D eigenvalue weighted by atomic mass is 10.1. The number of rotatable bonds is 5. The maximum absolute atomic E-state index is 13.1. The van der Waals surface area contributed by atoms with Crippen LogP contribution in [-0.2, 0) is 12.7 Å². The molecule has 13 heteroatoms. The second kappa shape index (κ2) is 8.04. The average molecular weight is 465 g/mol. The molecule has 1 aromatic carbocycles. The molecule has 0 atom stereocenters. The quantitative estimate of drug-likeness (QED) is 0.459. The third-order valence-electron chi connectivity index (χ3n) is 4.59. The highest BCUT2D eigenvalue weighted by atomic mass is 35.5. The maximum Gasteiger partial charge on any atom is 0.434 e. The molecule has 0 saturated carbocycles. The van der Waals surface area contributed by atoms with E-state index in [1.807, 2.05) is 0 Å². The van der Waals surface area contributed by atoms with Gasteiger partial charge in [-0.25, -0.2) is 9.97 Å². The van der Waals surface area contributed by atoms with E-state index in [1.54, 1.807) is 24.3 Å². The third kappa shape index (κ3) is 4.04. The van der Waals surface area contributed by atoms with Crippen LogP contribution in [0.1, 0.15) is 36.8 Å². The van der Waals surface area contributed by atoms with Crippen molar-refractivity contribution < 1.29 is 27.6 Å². The lowest BCUT2D eigenvalue weighted by molar-refractivity contribution is -0.141. The first-order valence-corrected chi connectivity index (χ1v) is 9.41. The van der Waals surface area contributed by atoms with E-state index in [-0.39, 0.29) is 18.8 Å². The van der Waals surface area contributed by atoms with Gasteiger partial charge in [-0.1, -0.05) is 12.1 Å². The van der Waals surface area contributed by atoms with Crippen LogP contribution in [0.4, 0.5) is 18.9 Å². The van der Waals surface area contributed by atoms with Crippen molar-refractivity contribution >= 4 is 35.0 Å². The number of fused-ring (bicyclic) bond motifs is 1. The Kier molecular flexibility index (Phi) is 5.38. The fraction of sp³-hybridized carbons (Fsp3) is 0.158. The number of hydrogen-bond acceptors (Lipinski definition) is 6. The van der Waals surface area contributed by atoms with Crippen molar-refractivity contribution in [2.45, 2.75) is 12.7 Å². The van der Waals surface area contributed by atoms with E-state index in [0.29, 0.717) is 17.3 Å². The van der Waals surface area contributed by atoms with Crippen LogP contribution in [0.2, 0.25) is 5.28 Å². The number of aromatic nitrogens is 4. The first kappa shape index (κ1) is 21.4. The second-order valence-electron chi connectivity index (χ2n) is 6.65. The topological polar surface area (TPSA) is 110 Å². The van der Waals surface area contributed by atoms with Crippen molar-refractivity contribution in [1.29, 1.82) is 0 Å². The summed E-state index contributed by atoms with van der Waals surface area (Å²) in [5.74, 6) is -1.95. The van der Waals surface area contributed by atoms with Crippen LogP contribution in [0.3, 0.4) is 0 Å². The second-order valence-corrected chi connectivity index (χ2v) is 6.99. The molecule has 1 N–H and O–H groups in total. The van der Waals surface area contributed by atoms with Crippen molar-refractivity contribution in [1.82, 2.24) is 24.6 Å². The van der Waals surface area contributed by atoms with E-state index in [1.165, 1.54) is 17.1 Å². The van der Waals surface area contributed by atoms with Crippen LogP contribution in [-0.4, -0.2) is 48.9 Å². The number of halogens is 4. The summed E-state index contributed by atoms with van der Waals surface area (Å²) in [6, 6.07) is 6.44. The monoisotopic (exact) mass is 464 g/mol. The Morgan fingerprint density at radius 2 is 1.72 bits per heavy atom. The van der Waals surface area contributed by atoms with Gasteiger partial charge in [0.15, 0.2) is 5.69 Å². The Balaban J connectivity index is 1.43. The molecule has 0 saturated heterocycles. The van der Waals surface area contributed by atoms with E-state index in [9.17, 15) is 27.6 Å².